The standard InChI is InChI=1S/C18H19ClN2O2/c1-21(2)18(23)16(12-13-6-4-3-5-7-13)20-17(22)14-8-10-15(19)11-9-14/h3-11,16H,12H2,1-2H3,(H,20,22). The van der Waals surface area contributed by atoms with E-state index in [1.165, 1.54) is 4.90 Å². The maximum atomic E-state index is 12.4. The molecule has 1 atom stereocenters. The third-order valence-electron chi connectivity index (χ3n) is 3.43. The lowest BCUT2D eigenvalue weighted by Crippen LogP contribution is -2.47. The molecule has 0 heterocycles. The number of nitrogens with one attached hydrogen (secondary N) is 1. The molecular weight excluding hydrogens is 312 g/mol. The van der Waals surface area contributed by atoms with Crippen molar-refractivity contribution in [2.75, 3.05) is 14.1 Å². The summed E-state index contributed by atoms with van der Waals surface area (Å²) in [6.45, 7) is 0. The predicted molar refractivity (Wildman–Crippen MR) is 91.5 cm³/mol. The van der Waals surface area contributed by atoms with E-state index in [2.05, 4.69) is 5.32 Å². The van der Waals surface area contributed by atoms with E-state index in [1.54, 1.807) is 38.4 Å². The van der Waals surface area contributed by atoms with E-state index in [0.717, 1.165) is 5.56 Å². The zero-order valence-corrected chi connectivity index (χ0v) is 13.9. The zero-order chi connectivity index (χ0) is 16.8. The van der Waals surface area contributed by atoms with E-state index in [0.29, 0.717) is 17.0 Å². The largest absolute Gasteiger partial charge is 0.347 e. The Morgan fingerprint density at radius 3 is 2.22 bits per heavy atom. The molecule has 0 aromatic heterocycles. The van der Waals surface area contributed by atoms with Crippen molar-refractivity contribution in [3.8, 4) is 0 Å². The Morgan fingerprint density at radius 2 is 1.65 bits per heavy atom. The molecule has 0 radical (unpaired) electrons. The third kappa shape index (κ3) is 4.83. The lowest BCUT2D eigenvalue weighted by Gasteiger charge is -2.22. The number of amides is 2. The van der Waals surface area contributed by atoms with Crippen molar-refractivity contribution in [1.29, 1.82) is 0 Å². The van der Waals surface area contributed by atoms with Gasteiger partial charge in [-0.25, -0.2) is 0 Å². The number of benzene rings is 2. The molecule has 2 aromatic carbocycles. The van der Waals surface area contributed by atoms with Gasteiger partial charge in [0.05, 0.1) is 0 Å². The summed E-state index contributed by atoms with van der Waals surface area (Å²) in [5.74, 6) is -0.436. The van der Waals surface area contributed by atoms with Crippen LogP contribution in [0.2, 0.25) is 5.02 Å². The molecule has 0 saturated carbocycles. The normalized spacial score (nSPS) is 11.6. The summed E-state index contributed by atoms with van der Waals surface area (Å²) in [5, 5.41) is 3.37. The fourth-order valence-corrected chi connectivity index (χ4v) is 2.33. The molecule has 23 heavy (non-hydrogen) atoms. The lowest BCUT2D eigenvalue weighted by molar-refractivity contribution is -0.130. The molecule has 0 aliphatic heterocycles. The van der Waals surface area contributed by atoms with Crippen LogP contribution in [0, 0.1) is 0 Å². The Morgan fingerprint density at radius 1 is 1.04 bits per heavy atom. The van der Waals surface area contributed by atoms with Gasteiger partial charge >= 0.3 is 0 Å². The van der Waals surface area contributed by atoms with Crippen LogP contribution in [0.3, 0.4) is 0 Å². The Bertz CT molecular complexity index is 669. The van der Waals surface area contributed by atoms with Crippen LogP contribution in [0.1, 0.15) is 15.9 Å². The van der Waals surface area contributed by atoms with Crippen molar-refractivity contribution in [3.63, 3.8) is 0 Å². The summed E-state index contributed by atoms with van der Waals surface area (Å²) in [4.78, 5) is 26.2. The van der Waals surface area contributed by atoms with E-state index in [9.17, 15) is 9.59 Å². The van der Waals surface area contributed by atoms with Crippen LogP contribution in [0.25, 0.3) is 0 Å². The van der Waals surface area contributed by atoms with Gasteiger partial charge in [0, 0.05) is 31.1 Å². The van der Waals surface area contributed by atoms with E-state index in [1.807, 2.05) is 30.3 Å². The quantitative estimate of drug-likeness (QED) is 0.916. The number of nitrogens with zero attached hydrogens (tertiary/aromatic N) is 1. The highest BCUT2D eigenvalue weighted by molar-refractivity contribution is 6.30. The highest BCUT2D eigenvalue weighted by Gasteiger charge is 2.23. The van der Waals surface area contributed by atoms with Gasteiger partial charge in [0.1, 0.15) is 6.04 Å². The number of rotatable bonds is 5. The van der Waals surface area contributed by atoms with E-state index >= 15 is 0 Å². The summed E-state index contributed by atoms with van der Waals surface area (Å²) >= 11 is 5.83. The fraction of sp³-hybridized carbons (Fsp3) is 0.222. The summed E-state index contributed by atoms with van der Waals surface area (Å²) < 4.78 is 0. The van der Waals surface area contributed by atoms with E-state index < -0.39 is 6.04 Å². The first-order valence-corrected chi connectivity index (χ1v) is 7.66. The number of carbonyl (C=O) groups is 2. The van der Waals surface area contributed by atoms with Gasteiger partial charge in [0.15, 0.2) is 0 Å². The first-order valence-electron chi connectivity index (χ1n) is 7.29. The SMILES string of the molecule is CN(C)C(=O)C(Cc1ccccc1)NC(=O)c1ccc(Cl)cc1. The van der Waals surface area contributed by atoms with E-state index in [4.69, 9.17) is 11.6 Å². The number of hydrogen-bond donors (Lipinski definition) is 1. The number of likely N-dealkylation sites (N-methyl/N-ethyl adjacent to an activating group) is 1. The third-order valence-corrected chi connectivity index (χ3v) is 3.69. The number of hydrogen-bond acceptors (Lipinski definition) is 2. The Labute approximate surface area is 141 Å². The molecule has 1 unspecified atom stereocenters. The lowest BCUT2D eigenvalue weighted by atomic mass is 10.0. The van der Waals surface area contributed by atoms with Crippen molar-refractivity contribution in [2.45, 2.75) is 12.5 Å². The van der Waals surface area contributed by atoms with Gasteiger partial charge in [-0.15, -0.1) is 0 Å². The molecule has 120 valence electrons. The van der Waals surface area contributed by atoms with Gasteiger partial charge in [0.2, 0.25) is 5.91 Å². The minimum atomic E-state index is -0.615. The van der Waals surface area contributed by atoms with Gasteiger partial charge in [-0.1, -0.05) is 41.9 Å². The monoisotopic (exact) mass is 330 g/mol. The van der Waals surface area contributed by atoms with Gasteiger partial charge in [-0.3, -0.25) is 9.59 Å². The van der Waals surface area contributed by atoms with Crippen LogP contribution in [0.4, 0.5) is 0 Å². The number of halogens is 1. The first-order chi connectivity index (χ1) is 11.0. The molecule has 2 amide bonds. The van der Waals surface area contributed by atoms with Crippen molar-refractivity contribution in [2.24, 2.45) is 0 Å². The van der Waals surface area contributed by atoms with Crippen LogP contribution >= 0.6 is 11.6 Å². The second kappa shape index (κ2) is 7.79. The van der Waals surface area contributed by atoms with E-state index in [-0.39, 0.29) is 11.8 Å². The molecule has 0 fully saturated rings. The Balaban J connectivity index is 2.15. The molecule has 0 saturated heterocycles. The zero-order valence-electron chi connectivity index (χ0n) is 13.1. The second-order valence-corrected chi connectivity index (χ2v) is 5.89. The molecule has 2 aromatic rings. The summed E-state index contributed by atoms with van der Waals surface area (Å²) in [5.41, 5.74) is 1.46. The molecule has 5 heteroatoms. The highest BCUT2D eigenvalue weighted by Crippen LogP contribution is 2.11. The molecule has 0 aliphatic rings. The average Bonchev–Trinajstić information content (AvgIpc) is 2.55. The van der Waals surface area contributed by atoms with Crippen molar-refractivity contribution in [3.05, 3.63) is 70.7 Å². The summed E-state index contributed by atoms with van der Waals surface area (Å²) in [6.07, 6.45) is 0.442. The van der Waals surface area contributed by atoms with Crippen molar-refractivity contribution < 1.29 is 9.59 Å². The molecular formula is C18H19ClN2O2. The van der Waals surface area contributed by atoms with Crippen LogP contribution < -0.4 is 5.32 Å². The maximum Gasteiger partial charge on any atom is 0.251 e. The molecule has 0 aliphatic carbocycles. The summed E-state index contributed by atoms with van der Waals surface area (Å²) in [7, 11) is 3.35. The van der Waals surface area contributed by atoms with Crippen LogP contribution in [-0.4, -0.2) is 36.9 Å². The minimum Gasteiger partial charge on any atom is -0.347 e. The maximum absolute atomic E-state index is 12.4. The highest BCUT2D eigenvalue weighted by atomic mass is 35.5. The molecule has 0 spiro atoms. The second-order valence-electron chi connectivity index (χ2n) is 5.46. The van der Waals surface area contributed by atoms with Crippen molar-refractivity contribution in [1.82, 2.24) is 10.2 Å². The Kier molecular flexibility index (Phi) is 5.77. The van der Waals surface area contributed by atoms with Gasteiger partial charge in [-0.2, -0.15) is 0 Å². The van der Waals surface area contributed by atoms with Gasteiger partial charge in [-0.05, 0) is 29.8 Å². The molecule has 0 bridgehead atoms. The molecule has 4 nitrogen and oxygen atoms in total. The molecule has 2 rings (SSSR count). The first kappa shape index (κ1) is 17.0. The molecule has 1 N–H and O–H groups in total. The van der Waals surface area contributed by atoms with Gasteiger partial charge < -0.3 is 10.2 Å². The average molecular weight is 331 g/mol. The van der Waals surface area contributed by atoms with Crippen molar-refractivity contribution >= 4 is 23.4 Å². The van der Waals surface area contributed by atoms with Crippen LogP contribution in [0.5, 0.6) is 0 Å². The smallest absolute Gasteiger partial charge is 0.251 e. The predicted octanol–water partition coefficient (Wildman–Crippen LogP) is 2.77. The van der Waals surface area contributed by atoms with Crippen LogP contribution in [0.15, 0.2) is 54.6 Å². The van der Waals surface area contributed by atoms with Crippen LogP contribution in [-0.2, 0) is 11.2 Å². The fourth-order valence-electron chi connectivity index (χ4n) is 2.20. The Hall–Kier alpha value is -2.33. The number of carbonyl (C=O) groups excluding carboxylic acids is 2. The minimum absolute atomic E-state index is 0.142. The van der Waals surface area contributed by atoms with Gasteiger partial charge in [0.25, 0.3) is 5.91 Å². The topological polar surface area (TPSA) is 49.4 Å². The summed E-state index contributed by atoms with van der Waals surface area (Å²) in [6, 6.07) is 15.6.